The molecule has 0 aliphatic heterocycles. The normalized spacial score (nSPS) is 10.8. The molecule has 0 unspecified atom stereocenters. The molecule has 2 N–H and O–H groups in total. The quantitative estimate of drug-likeness (QED) is 0.542. The summed E-state index contributed by atoms with van der Waals surface area (Å²) >= 11 is 1.30. The van der Waals surface area contributed by atoms with Gasteiger partial charge in [0.15, 0.2) is 0 Å². The Labute approximate surface area is 131 Å². The van der Waals surface area contributed by atoms with Crippen molar-refractivity contribution in [3.8, 4) is 10.6 Å². The molecule has 114 valence electrons. The van der Waals surface area contributed by atoms with Gasteiger partial charge >= 0.3 is 0 Å². The molecule has 0 saturated carbocycles. The Balaban J connectivity index is 1.61. The third kappa shape index (κ3) is 3.26. The number of aromatic nitrogens is 3. The van der Waals surface area contributed by atoms with Gasteiger partial charge in [0.05, 0.1) is 9.75 Å². The highest BCUT2D eigenvalue weighted by atomic mass is 32.1. The Hall–Kier alpha value is -2.38. The van der Waals surface area contributed by atoms with E-state index in [4.69, 9.17) is 5.21 Å². The van der Waals surface area contributed by atoms with Gasteiger partial charge in [-0.05, 0) is 36.8 Å². The summed E-state index contributed by atoms with van der Waals surface area (Å²) in [6.07, 6.45) is 7.04. The van der Waals surface area contributed by atoms with Gasteiger partial charge in [-0.15, -0.1) is 11.3 Å². The van der Waals surface area contributed by atoms with E-state index in [1.54, 1.807) is 11.5 Å². The number of hydrogen-bond acceptors (Lipinski definition) is 4. The number of carbonyl (C=O) groups is 1. The monoisotopic (exact) mass is 316 g/mol. The number of nitrogens with one attached hydrogen (secondary N) is 1. The van der Waals surface area contributed by atoms with Crippen LogP contribution in [0.3, 0.4) is 0 Å². The van der Waals surface area contributed by atoms with Gasteiger partial charge in [0.1, 0.15) is 5.69 Å². The fourth-order valence-corrected chi connectivity index (χ4v) is 3.07. The average Bonchev–Trinajstić information content (AvgIpc) is 3.27. The lowest BCUT2D eigenvalue weighted by atomic mass is 10.3. The van der Waals surface area contributed by atoms with Gasteiger partial charge in [0.25, 0.3) is 5.91 Å². The molecule has 0 radical (unpaired) electrons. The maximum absolute atomic E-state index is 11.3. The predicted octanol–water partition coefficient (Wildman–Crippen LogP) is 2.62. The van der Waals surface area contributed by atoms with Crippen molar-refractivity contribution in [3.63, 3.8) is 0 Å². The van der Waals surface area contributed by atoms with Crippen LogP contribution in [0.2, 0.25) is 0 Å². The van der Waals surface area contributed by atoms with Gasteiger partial charge in [-0.1, -0.05) is 0 Å². The summed E-state index contributed by atoms with van der Waals surface area (Å²) in [5.74, 6) is -0.498. The van der Waals surface area contributed by atoms with E-state index >= 15 is 0 Å². The number of nitrogens with zero attached hydrogens (tertiary/aromatic N) is 3. The highest BCUT2D eigenvalue weighted by Gasteiger charge is 2.11. The molecule has 6 nitrogen and oxygen atoms in total. The van der Waals surface area contributed by atoms with Crippen LogP contribution in [-0.2, 0) is 13.1 Å². The molecule has 0 saturated heterocycles. The Bertz CT molecular complexity index is 745. The third-order valence-electron chi connectivity index (χ3n) is 3.29. The Kier molecular flexibility index (Phi) is 4.36. The molecule has 0 atom stereocenters. The highest BCUT2D eigenvalue weighted by molar-refractivity contribution is 7.17. The van der Waals surface area contributed by atoms with E-state index in [0.717, 1.165) is 30.1 Å². The second-order valence-corrected chi connectivity index (χ2v) is 5.93. The van der Waals surface area contributed by atoms with Crippen molar-refractivity contribution >= 4 is 17.2 Å². The van der Waals surface area contributed by atoms with E-state index in [9.17, 15) is 4.79 Å². The van der Waals surface area contributed by atoms with Crippen LogP contribution >= 0.6 is 11.3 Å². The lowest BCUT2D eigenvalue weighted by Crippen LogP contribution is -2.16. The zero-order chi connectivity index (χ0) is 15.4. The van der Waals surface area contributed by atoms with E-state index in [0.29, 0.717) is 4.88 Å². The van der Waals surface area contributed by atoms with E-state index in [2.05, 4.69) is 9.67 Å². The molecule has 7 heteroatoms. The average molecular weight is 316 g/mol. The van der Waals surface area contributed by atoms with Crippen molar-refractivity contribution in [1.82, 2.24) is 19.8 Å². The first-order valence-electron chi connectivity index (χ1n) is 6.95. The summed E-state index contributed by atoms with van der Waals surface area (Å²) in [7, 11) is 0. The Morgan fingerprint density at radius 1 is 1.18 bits per heavy atom. The minimum absolute atomic E-state index is 0.458. The molecule has 0 aliphatic carbocycles. The van der Waals surface area contributed by atoms with E-state index in [-0.39, 0.29) is 0 Å². The molecule has 3 aromatic heterocycles. The number of rotatable bonds is 6. The van der Waals surface area contributed by atoms with Gasteiger partial charge in [0.2, 0.25) is 0 Å². The van der Waals surface area contributed by atoms with Crippen LogP contribution in [0.15, 0.2) is 48.9 Å². The van der Waals surface area contributed by atoms with Crippen LogP contribution < -0.4 is 5.48 Å². The van der Waals surface area contributed by atoms with Crippen molar-refractivity contribution in [2.75, 3.05) is 0 Å². The Morgan fingerprint density at radius 3 is 2.77 bits per heavy atom. The molecule has 3 heterocycles. The van der Waals surface area contributed by atoms with Gasteiger partial charge in [0, 0.05) is 31.7 Å². The highest BCUT2D eigenvalue weighted by Crippen LogP contribution is 2.26. The summed E-state index contributed by atoms with van der Waals surface area (Å²) in [6.45, 7) is 1.80. The molecular weight excluding hydrogens is 300 g/mol. The van der Waals surface area contributed by atoms with Crippen molar-refractivity contribution in [2.24, 2.45) is 0 Å². The van der Waals surface area contributed by atoms with E-state index in [1.807, 2.05) is 47.5 Å². The molecule has 22 heavy (non-hydrogen) atoms. The van der Waals surface area contributed by atoms with E-state index < -0.39 is 5.91 Å². The fraction of sp³-hybridized carbons (Fsp3) is 0.200. The van der Waals surface area contributed by atoms with Crippen LogP contribution in [-0.4, -0.2) is 25.5 Å². The summed E-state index contributed by atoms with van der Waals surface area (Å²) in [6, 6.07) is 9.48. The lowest BCUT2D eigenvalue weighted by Gasteiger charge is -2.03. The Morgan fingerprint density at radius 2 is 2.00 bits per heavy atom. The topological polar surface area (TPSA) is 72.1 Å². The van der Waals surface area contributed by atoms with Crippen LogP contribution in [0.1, 0.15) is 16.1 Å². The van der Waals surface area contributed by atoms with Crippen LogP contribution in [0.4, 0.5) is 0 Å². The van der Waals surface area contributed by atoms with Crippen molar-refractivity contribution < 1.29 is 10.0 Å². The second-order valence-electron chi connectivity index (χ2n) is 4.84. The standard InChI is InChI=1S/C15H16N4O2S/c20-15(17-21)14-5-4-13(22-14)12-6-11-19(16-12)10-3-9-18-7-1-2-8-18/h1-2,4-8,11,21H,3,9-10H2,(H,17,20). The molecule has 0 aliphatic rings. The number of thiophene rings is 1. The molecule has 3 aromatic rings. The first-order chi connectivity index (χ1) is 10.8. The maximum atomic E-state index is 11.3. The van der Waals surface area contributed by atoms with Crippen molar-refractivity contribution in [2.45, 2.75) is 19.5 Å². The van der Waals surface area contributed by atoms with Gasteiger partial charge < -0.3 is 4.57 Å². The maximum Gasteiger partial charge on any atom is 0.284 e. The third-order valence-corrected chi connectivity index (χ3v) is 4.40. The SMILES string of the molecule is O=C(NO)c1ccc(-c2ccn(CCCn3cccc3)n2)s1. The fourth-order valence-electron chi connectivity index (χ4n) is 2.20. The molecule has 1 amide bonds. The van der Waals surface area contributed by atoms with E-state index in [1.165, 1.54) is 11.3 Å². The first kappa shape index (κ1) is 14.6. The van der Waals surface area contributed by atoms with Gasteiger partial charge in [-0.25, -0.2) is 5.48 Å². The zero-order valence-electron chi connectivity index (χ0n) is 11.8. The molecule has 0 aromatic carbocycles. The van der Waals surface area contributed by atoms with Crippen LogP contribution in [0.25, 0.3) is 10.6 Å². The van der Waals surface area contributed by atoms with Crippen LogP contribution in [0.5, 0.6) is 0 Å². The molecule has 3 rings (SSSR count). The lowest BCUT2D eigenvalue weighted by molar-refractivity contribution is 0.0711. The van der Waals surface area contributed by atoms with Crippen molar-refractivity contribution in [1.29, 1.82) is 0 Å². The minimum Gasteiger partial charge on any atom is -0.354 e. The zero-order valence-corrected chi connectivity index (χ0v) is 12.7. The van der Waals surface area contributed by atoms with Gasteiger partial charge in [-0.2, -0.15) is 5.10 Å². The predicted molar refractivity (Wildman–Crippen MR) is 83.8 cm³/mol. The largest absolute Gasteiger partial charge is 0.354 e. The molecular formula is C15H16N4O2S. The molecule has 0 spiro atoms. The van der Waals surface area contributed by atoms with Crippen molar-refractivity contribution in [3.05, 3.63) is 53.8 Å². The summed E-state index contributed by atoms with van der Waals surface area (Å²) < 4.78 is 4.05. The molecule has 0 fully saturated rings. The number of aryl methyl sites for hydroxylation is 2. The number of hydrogen-bond donors (Lipinski definition) is 2. The number of hydroxylamine groups is 1. The smallest absolute Gasteiger partial charge is 0.284 e. The number of carbonyl (C=O) groups excluding carboxylic acids is 1. The van der Waals surface area contributed by atoms with Gasteiger partial charge in [-0.3, -0.25) is 14.7 Å². The first-order valence-corrected chi connectivity index (χ1v) is 7.77. The summed E-state index contributed by atoms with van der Waals surface area (Å²) in [5.41, 5.74) is 2.47. The second kappa shape index (κ2) is 6.59. The number of amides is 1. The van der Waals surface area contributed by atoms with Crippen LogP contribution in [0, 0.1) is 0 Å². The summed E-state index contributed by atoms with van der Waals surface area (Å²) in [4.78, 5) is 12.7. The molecule has 0 bridgehead atoms. The minimum atomic E-state index is -0.498. The summed E-state index contributed by atoms with van der Waals surface area (Å²) in [5, 5.41) is 13.2.